The van der Waals surface area contributed by atoms with E-state index in [9.17, 15) is 0 Å². The van der Waals surface area contributed by atoms with E-state index in [1.54, 1.807) is 0 Å². The largest absolute Gasteiger partial charge is 0.330 e. The van der Waals surface area contributed by atoms with Crippen LogP contribution in [0.15, 0.2) is 0 Å². The van der Waals surface area contributed by atoms with E-state index in [2.05, 4.69) is 0 Å². The van der Waals surface area contributed by atoms with Crippen molar-refractivity contribution in [3.8, 4) is 0 Å². The van der Waals surface area contributed by atoms with Gasteiger partial charge >= 0.3 is 0 Å². The van der Waals surface area contributed by atoms with Crippen molar-refractivity contribution >= 4 is 0 Å². The first-order chi connectivity index (χ1) is 14.3. The molecule has 0 heterocycles. The van der Waals surface area contributed by atoms with Crippen LogP contribution in [-0.2, 0) is 0 Å². The normalized spacial score (nSPS) is 10.8. The average molecular weight is 415 g/mol. The quantitative estimate of drug-likeness (QED) is 0.154. The Bertz CT molecular complexity index is 225. The van der Waals surface area contributed by atoms with Crippen molar-refractivity contribution < 1.29 is 0 Å². The second kappa shape index (κ2) is 32.5. The molecule has 0 spiro atoms. The van der Waals surface area contributed by atoms with Crippen molar-refractivity contribution in [3.05, 3.63) is 0 Å². The molecule has 0 saturated heterocycles. The van der Waals surface area contributed by atoms with Crippen LogP contribution in [0.2, 0.25) is 0 Å². The van der Waals surface area contributed by atoms with Gasteiger partial charge in [-0.3, -0.25) is 0 Å². The van der Waals surface area contributed by atoms with Gasteiger partial charge in [0.2, 0.25) is 0 Å². The molecule has 0 saturated carbocycles. The topological polar surface area (TPSA) is 104 Å². The molecule has 0 amide bonds. The summed E-state index contributed by atoms with van der Waals surface area (Å²) in [7, 11) is 0. The molecule has 0 atom stereocenters. The molecule has 0 aliphatic carbocycles. The van der Waals surface area contributed by atoms with Gasteiger partial charge < -0.3 is 22.9 Å². The number of nitrogens with two attached hydrogens (primary N) is 4. The molecule has 0 radical (unpaired) electrons. The summed E-state index contributed by atoms with van der Waals surface area (Å²) < 4.78 is 0. The minimum Gasteiger partial charge on any atom is -0.330 e. The van der Waals surface area contributed by atoms with Crippen molar-refractivity contribution in [2.45, 2.75) is 135 Å². The predicted molar refractivity (Wildman–Crippen MR) is 133 cm³/mol. The zero-order valence-corrected chi connectivity index (χ0v) is 20.0. The van der Waals surface area contributed by atoms with E-state index in [1.165, 1.54) is 135 Å². The maximum Gasteiger partial charge on any atom is -0.00773 e. The number of rotatable bonds is 23. The zero-order chi connectivity index (χ0) is 21.7. The van der Waals surface area contributed by atoms with Gasteiger partial charge in [-0.15, -0.1) is 0 Å². The van der Waals surface area contributed by atoms with Crippen LogP contribution >= 0.6 is 0 Å². The third-order valence-corrected chi connectivity index (χ3v) is 5.57. The molecule has 4 nitrogen and oxygen atoms in total. The highest BCUT2D eigenvalue weighted by Crippen LogP contribution is 2.11. The maximum absolute atomic E-state index is 5.44. The van der Waals surface area contributed by atoms with E-state index in [-0.39, 0.29) is 0 Å². The van der Waals surface area contributed by atoms with Gasteiger partial charge in [-0.1, -0.05) is 109 Å². The Kier molecular flexibility index (Phi) is 34.8. The molecule has 0 aliphatic rings. The van der Waals surface area contributed by atoms with E-state index in [4.69, 9.17) is 22.9 Å². The second-order valence-electron chi connectivity index (χ2n) is 8.58. The number of hydrogen-bond acceptors (Lipinski definition) is 4. The molecule has 0 aromatic rings. The molecule has 0 unspecified atom stereocenters. The minimum atomic E-state index is 0.860. The SMILES string of the molecule is NCCCCCCCCCCCCCN.NCCCCCCCCCCCCN. The summed E-state index contributed by atoms with van der Waals surface area (Å²) >= 11 is 0. The van der Waals surface area contributed by atoms with Gasteiger partial charge in [0.25, 0.3) is 0 Å². The number of unbranched alkanes of at least 4 members (excludes halogenated alkanes) is 19. The van der Waals surface area contributed by atoms with Gasteiger partial charge in [-0.25, -0.2) is 0 Å². The molecule has 0 fully saturated rings. The fourth-order valence-electron chi connectivity index (χ4n) is 3.58. The summed E-state index contributed by atoms with van der Waals surface area (Å²) in [6, 6.07) is 0. The van der Waals surface area contributed by atoms with Crippen molar-refractivity contribution in [3.63, 3.8) is 0 Å². The lowest BCUT2D eigenvalue weighted by Crippen LogP contribution is -1.97. The fraction of sp³-hybridized carbons (Fsp3) is 1.00. The highest BCUT2D eigenvalue weighted by molar-refractivity contribution is 4.50. The lowest BCUT2D eigenvalue weighted by Gasteiger charge is -2.01. The van der Waals surface area contributed by atoms with Crippen molar-refractivity contribution in [1.29, 1.82) is 0 Å². The smallest absolute Gasteiger partial charge is 0.00773 e. The van der Waals surface area contributed by atoms with Gasteiger partial charge in [-0.05, 0) is 51.9 Å². The molecule has 4 heteroatoms. The molecular weight excluding hydrogens is 356 g/mol. The molecule has 29 heavy (non-hydrogen) atoms. The van der Waals surface area contributed by atoms with Crippen LogP contribution in [0.5, 0.6) is 0 Å². The van der Waals surface area contributed by atoms with E-state index < -0.39 is 0 Å². The Labute approximate surface area is 184 Å². The Balaban J connectivity index is 0. The van der Waals surface area contributed by atoms with Crippen LogP contribution in [-0.4, -0.2) is 26.2 Å². The van der Waals surface area contributed by atoms with E-state index in [0.29, 0.717) is 0 Å². The van der Waals surface area contributed by atoms with Gasteiger partial charge in [0, 0.05) is 0 Å². The van der Waals surface area contributed by atoms with Gasteiger partial charge in [0.05, 0.1) is 0 Å². The fourth-order valence-corrected chi connectivity index (χ4v) is 3.58. The van der Waals surface area contributed by atoms with Crippen LogP contribution in [0.1, 0.15) is 135 Å². The second-order valence-corrected chi connectivity index (χ2v) is 8.58. The first kappa shape index (κ1) is 31.0. The van der Waals surface area contributed by atoms with Crippen LogP contribution in [0, 0.1) is 0 Å². The Hall–Kier alpha value is -0.160. The minimum absolute atomic E-state index is 0.860. The zero-order valence-electron chi connectivity index (χ0n) is 20.0. The van der Waals surface area contributed by atoms with Crippen molar-refractivity contribution in [2.75, 3.05) is 26.2 Å². The van der Waals surface area contributed by atoms with Gasteiger partial charge in [0.15, 0.2) is 0 Å². The lowest BCUT2D eigenvalue weighted by molar-refractivity contribution is 0.548. The Morgan fingerprint density at radius 2 is 0.276 bits per heavy atom. The van der Waals surface area contributed by atoms with Crippen molar-refractivity contribution in [1.82, 2.24) is 0 Å². The number of hydrogen-bond donors (Lipinski definition) is 4. The molecule has 178 valence electrons. The Morgan fingerprint density at radius 1 is 0.172 bits per heavy atom. The van der Waals surface area contributed by atoms with Crippen LogP contribution in [0.4, 0.5) is 0 Å². The van der Waals surface area contributed by atoms with E-state index in [0.717, 1.165) is 26.2 Å². The molecule has 0 aromatic carbocycles. The third-order valence-electron chi connectivity index (χ3n) is 5.57. The summed E-state index contributed by atoms with van der Waals surface area (Å²) in [5.41, 5.74) is 21.7. The van der Waals surface area contributed by atoms with Crippen LogP contribution < -0.4 is 22.9 Å². The van der Waals surface area contributed by atoms with Crippen LogP contribution in [0.25, 0.3) is 0 Å². The van der Waals surface area contributed by atoms with Gasteiger partial charge in [0.1, 0.15) is 0 Å². The maximum atomic E-state index is 5.44. The van der Waals surface area contributed by atoms with E-state index in [1.807, 2.05) is 0 Å². The standard InChI is InChI=1S/C13H30N2.C12H28N2/c14-12-10-8-6-4-2-1-3-5-7-9-11-13-15;13-11-9-7-5-3-1-2-4-6-8-10-12-14/h1-15H2;1-14H2. The molecule has 0 bridgehead atoms. The molecule has 0 rings (SSSR count). The molecule has 0 aliphatic heterocycles. The first-order valence-electron chi connectivity index (χ1n) is 13.1. The molecule has 0 aromatic heterocycles. The van der Waals surface area contributed by atoms with Crippen LogP contribution in [0.3, 0.4) is 0 Å². The highest BCUT2D eigenvalue weighted by Gasteiger charge is 1.93. The summed E-state index contributed by atoms with van der Waals surface area (Å²) in [6.07, 6.45) is 28.3. The summed E-state index contributed by atoms with van der Waals surface area (Å²) in [5, 5.41) is 0. The molecular formula is C25H58N4. The van der Waals surface area contributed by atoms with Crippen molar-refractivity contribution in [2.24, 2.45) is 22.9 Å². The summed E-state index contributed by atoms with van der Waals surface area (Å²) in [6.45, 7) is 3.44. The predicted octanol–water partition coefficient (Wildman–Crippen LogP) is 6.00. The summed E-state index contributed by atoms with van der Waals surface area (Å²) in [4.78, 5) is 0. The third kappa shape index (κ3) is 35.6. The van der Waals surface area contributed by atoms with Gasteiger partial charge in [-0.2, -0.15) is 0 Å². The monoisotopic (exact) mass is 414 g/mol. The summed E-state index contributed by atoms with van der Waals surface area (Å²) in [5.74, 6) is 0. The lowest BCUT2D eigenvalue weighted by atomic mass is 10.1. The molecule has 8 N–H and O–H groups in total. The first-order valence-corrected chi connectivity index (χ1v) is 13.1. The highest BCUT2D eigenvalue weighted by atomic mass is 14.5. The average Bonchev–Trinajstić information content (AvgIpc) is 2.74. The Morgan fingerprint density at radius 3 is 0.379 bits per heavy atom. The van der Waals surface area contributed by atoms with E-state index >= 15 is 0 Å².